The second-order valence-electron chi connectivity index (χ2n) is 7.88. The molecular weight excluding hydrogens is 403 g/mol. The Hall–Kier alpha value is -2.54. The molecule has 0 radical (unpaired) electrons. The molecule has 1 atom stereocenters. The van der Waals surface area contributed by atoms with E-state index in [0.29, 0.717) is 29.0 Å². The molecule has 29 heavy (non-hydrogen) atoms. The summed E-state index contributed by atoms with van der Waals surface area (Å²) in [5.41, 5.74) is -1.41. The molecule has 0 spiro atoms. The summed E-state index contributed by atoms with van der Waals surface area (Å²) < 4.78 is 40.6. The number of anilines is 1. The summed E-state index contributed by atoms with van der Waals surface area (Å²) in [6, 6.07) is 5.18. The SMILES string of the molecule is CC1CSc2nc(-c3ccc(N4CC(C)(C(F)(F)F)C4)nc3)c(C#N)c(=O)n2C1. The van der Waals surface area contributed by atoms with Crippen molar-refractivity contribution in [3.63, 3.8) is 0 Å². The minimum atomic E-state index is -4.25. The lowest BCUT2D eigenvalue weighted by molar-refractivity contribution is -0.225. The van der Waals surface area contributed by atoms with Gasteiger partial charge in [0.1, 0.15) is 17.5 Å². The van der Waals surface area contributed by atoms with Crippen molar-refractivity contribution in [3.8, 4) is 17.3 Å². The van der Waals surface area contributed by atoms with Crippen LogP contribution in [-0.2, 0) is 6.54 Å². The van der Waals surface area contributed by atoms with Crippen LogP contribution in [0.25, 0.3) is 11.3 Å². The van der Waals surface area contributed by atoms with Gasteiger partial charge in [-0.25, -0.2) is 9.97 Å². The number of thioether (sulfide) groups is 1. The van der Waals surface area contributed by atoms with Gasteiger partial charge in [-0.05, 0) is 25.0 Å². The van der Waals surface area contributed by atoms with E-state index in [0.717, 1.165) is 5.75 Å². The molecule has 152 valence electrons. The fraction of sp³-hybridized carbons (Fsp3) is 0.474. The van der Waals surface area contributed by atoms with Crippen LogP contribution in [0, 0.1) is 22.7 Å². The number of halogens is 3. The number of nitrogens with zero attached hydrogens (tertiary/aromatic N) is 5. The van der Waals surface area contributed by atoms with Crippen LogP contribution in [0.1, 0.15) is 19.4 Å². The van der Waals surface area contributed by atoms with E-state index in [1.807, 2.05) is 13.0 Å². The second kappa shape index (κ2) is 6.76. The third-order valence-electron chi connectivity index (χ3n) is 5.35. The molecule has 2 aliphatic heterocycles. The highest BCUT2D eigenvalue weighted by Crippen LogP contribution is 2.46. The monoisotopic (exact) mass is 421 g/mol. The standard InChI is InChI=1S/C19H18F3N5OS/c1-11-7-27-16(28)13(5-23)15(25-17(27)29-8-11)12-3-4-14(24-6-12)26-9-18(2,10-26)19(20,21)22/h3-4,6,11H,7-10H2,1-2H3. The van der Waals surface area contributed by atoms with Crippen molar-refractivity contribution in [2.45, 2.75) is 31.7 Å². The van der Waals surface area contributed by atoms with Gasteiger partial charge in [0, 0.05) is 37.1 Å². The lowest BCUT2D eigenvalue weighted by Crippen LogP contribution is -2.62. The van der Waals surface area contributed by atoms with Gasteiger partial charge in [0.25, 0.3) is 5.56 Å². The number of nitriles is 1. The van der Waals surface area contributed by atoms with E-state index in [1.165, 1.54) is 29.4 Å². The van der Waals surface area contributed by atoms with Crippen LogP contribution in [0.4, 0.5) is 19.0 Å². The van der Waals surface area contributed by atoms with Gasteiger partial charge in [0.05, 0.1) is 11.1 Å². The average Bonchev–Trinajstić information content (AvgIpc) is 2.65. The Kier molecular flexibility index (Phi) is 4.61. The van der Waals surface area contributed by atoms with E-state index in [2.05, 4.69) is 9.97 Å². The largest absolute Gasteiger partial charge is 0.397 e. The van der Waals surface area contributed by atoms with E-state index >= 15 is 0 Å². The maximum atomic E-state index is 13.0. The molecular formula is C19H18F3N5OS. The molecule has 1 saturated heterocycles. The molecule has 0 aliphatic carbocycles. The zero-order valence-corrected chi connectivity index (χ0v) is 16.6. The van der Waals surface area contributed by atoms with Crippen LogP contribution in [0.2, 0.25) is 0 Å². The number of alkyl halides is 3. The first-order valence-electron chi connectivity index (χ1n) is 9.09. The predicted molar refractivity (Wildman–Crippen MR) is 103 cm³/mol. The van der Waals surface area contributed by atoms with Crippen molar-refractivity contribution in [1.29, 1.82) is 5.26 Å². The molecule has 6 nitrogen and oxygen atoms in total. The van der Waals surface area contributed by atoms with E-state index in [-0.39, 0.29) is 29.9 Å². The summed E-state index contributed by atoms with van der Waals surface area (Å²) in [4.78, 5) is 23.0. The van der Waals surface area contributed by atoms with Gasteiger partial charge >= 0.3 is 6.18 Å². The molecule has 2 aromatic rings. The fourth-order valence-electron chi connectivity index (χ4n) is 3.55. The summed E-state index contributed by atoms with van der Waals surface area (Å²) in [7, 11) is 0. The number of pyridine rings is 1. The third-order valence-corrected chi connectivity index (χ3v) is 6.65. The molecule has 0 saturated carbocycles. The topological polar surface area (TPSA) is 74.8 Å². The summed E-state index contributed by atoms with van der Waals surface area (Å²) in [5.74, 6) is 1.57. The Morgan fingerprint density at radius 2 is 2.07 bits per heavy atom. The Morgan fingerprint density at radius 1 is 1.34 bits per heavy atom. The van der Waals surface area contributed by atoms with Crippen molar-refractivity contribution in [3.05, 3.63) is 34.2 Å². The van der Waals surface area contributed by atoms with Gasteiger partial charge in [0.2, 0.25) is 0 Å². The van der Waals surface area contributed by atoms with Crippen molar-refractivity contribution >= 4 is 17.6 Å². The molecule has 1 fully saturated rings. The molecule has 2 aromatic heterocycles. The summed E-state index contributed by atoms with van der Waals surface area (Å²) >= 11 is 1.47. The molecule has 4 heterocycles. The van der Waals surface area contributed by atoms with Gasteiger partial charge in [-0.1, -0.05) is 18.7 Å². The first-order valence-corrected chi connectivity index (χ1v) is 10.1. The second-order valence-corrected chi connectivity index (χ2v) is 8.87. The minimum Gasteiger partial charge on any atom is -0.355 e. The maximum absolute atomic E-state index is 13.0. The van der Waals surface area contributed by atoms with Crippen LogP contribution in [0.5, 0.6) is 0 Å². The van der Waals surface area contributed by atoms with E-state index in [4.69, 9.17) is 0 Å². The summed E-state index contributed by atoms with van der Waals surface area (Å²) in [6.07, 6.45) is -2.80. The quantitative estimate of drug-likeness (QED) is 0.693. The zero-order valence-electron chi connectivity index (χ0n) is 15.8. The van der Waals surface area contributed by atoms with Crippen LogP contribution in [0.3, 0.4) is 0 Å². The number of aromatic nitrogens is 3. The van der Waals surface area contributed by atoms with Gasteiger partial charge in [-0.15, -0.1) is 0 Å². The van der Waals surface area contributed by atoms with Gasteiger partial charge < -0.3 is 4.90 Å². The van der Waals surface area contributed by atoms with E-state index < -0.39 is 11.6 Å². The van der Waals surface area contributed by atoms with Gasteiger partial charge in [-0.3, -0.25) is 9.36 Å². The molecule has 0 N–H and O–H groups in total. The van der Waals surface area contributed by atoms with Crippen molar-refractivity contribution in [2.75, 3.05) is 23.7 Å². The molecule has 0 amide bonds. The van der Waals surface area contributed by atoms with Crippen LogP contribution in [0.15, 0.2) is 28.3 Å². The van der Waals surface area contributed by atoms with Crippen LogP contribution in [-0.4, -0.2) is 39.6 Å². The number of hydrogen-bond acceptors (Lipinski definition) is 6. The Balaban J connectivity index is 1.63. The van der Waals surface area contributed by atoms with Crippen molar-refractivity contribution in [1.82, 2.24) is 14.5 Å². The number of rotatable bonds is 2. The average molecular weight is 421 g/mol. The van der Waals surface area contributed by atoms with Crippen molar-refractivity contribution < 1.29 is 13.2 Å². The molecule has 0 aromatic carbocycles. The molecule has 1 unspecified atom stereocenters. The van der Waals surface area contributed by atoms with Crippen LogP contribution >= 0.6 is 11.8 Å². The molecule has 2 aliphatic rings. The Morgan fingerprint density at radius 3 is 2.66 bits per heavy atom. The first-order chi connectivity index (χ1) is 13.6. The predicted octanol–water partition coefficient (Wildman–Crippen LogP) is 3.31. The lowest BCUT2D eigenvalue weighted by Gasteiger charge is -2.49. The van der Waals surface area contributed by atoms with E-state index in [1.54, 1.807) is 17.0 Å². The van der Waals surface area contributed by atoms with Crippen molar-refractivity contribution in [2.24, 2.45) is 11.3 Å². The Bertz CT molecular complexity index is 1050. The van der Waals surface area contributed by atoms with Gasteiger partial charge in [-0.2, -0.15) is 18.4 Å². The highest BCUT2D eigenvalue weighted by molar-refractivity contribution is 7.99. The summed E-state index contributed by atoms with van der Waals surface area (Å²) in [6.45, 7) is 3.44. The summed E-state index contributed by atoms with van der Waals surface area (Å²) in [5, 5.41) is 10.1. The van der Waals surface area contributed by atoms with E-state index in [9.17, 15) is 23.2 Å². The normalized spacial score (nSPS) is 20.6. The lowest BCUT2D eigenvalue weighted by atomic mass is 9.81. The molecule has 4 rings (SSSR count). The molecule has 10 heteroatoms. The fourth-order valence-corrected chi connectivity index (χ4v) is 4.56. The first kappa shape index (κ1) is 19.8. The zero-order chi connectivity index (χ0) is 21.0. The Labute approximate surface area is 169 Å². The minimum absolute atomic E-state index is 0.0494. The molecule has 0 bridgehead atoms. The highest BCUT2D eigenvalue weighted by Gasteiger charge is 2.58. The van der Waals surface area contributed by atoms with Crippen LogP contribution < -0.4 is 10.5 Å². The number of hydrogen-bond donors (Lipinski definition) is 0. The van der Waals surface area contributed by atoms with Gasteiger partial charge in [0.15, 0.2) is 5.16 Å². The number of fused-ring (bicyclic) bond motifs is 1. The third kappa shape index (κ3) is 3.27. The highest BCUT2D eigenvalue weighted by atomic mass is 32.2. The maximum Gasteiger partial charge on any atom is 0.397 e. The smallest absolute Gasteiger partial charge is 0.355 e.